The molecule has 0 radical (unpaired) electrons. The van der Waals surface area contributed by atoms with Crippen molar-refractivity contribution in [1.29, 1.82) is 0 Å². The second-order valence-electron chi connectivity index (χ2n) is 4.82. The third-order valence-corrected chi connectivity index (χ3v) is 3.82. The Hall–Kier alpha value is -2.00. The fourth-order valence-electron chi connectivity index (χ4n) is 2.17. The molecular formula is C17H17ClO3. The van der Waals surface area contributed by atoms with E-state index in [2.05, 4.69) is 0 Å². The minimum absolute atomic E-state index is 0.0618. The maximum atomic E-state index is 12.7. The van der Waals surface area contributed by atoms with Gasteiger partial charge >= 0.3 is 0 Å². The summed E-state index contributed by atoms with van der Waals surface area (Å²) < 4.78 is 10.5. The Morgan fingerprint density at radius 3 is 2.14 bits per heavy atom. The van der Waals surface area contributed by atoms with Gasteiger partial charge in [-0.3, -0.25) is 4.79 Å². The van der Waals surface area contributed by atoms with Crippen molar-refractivity contribution in [2.75, 3.05) is 14.2 Å². The Kier molecular flexibility index (Phi) is 4.53. The van der Waals surface area contributed by atoms with E-state index in [1.165, 1.54) is 0 Å². The van der Waals surface area contributed by atoms with E-state index in [1.54, 1.807) is 44.6 Å². The summed E-state index contributed by atoms with van der Waals surface area (Å²) in [5, 5.41) is 0.649. The number of carbonyl (C=O) groups excluding carboxylic acids is 1. The number of methoxy groups -OCH3 is 2. The van der Waals surface area contributed by atoms with Gasteiger partial charge in [0.2, 0.25) is 0 Å². The van der Waals surface area contributed by atoms with Crippen molar-refractivity contribution in [1.82, 2.24) is 0 Å². The molecule has 0 saturated carbocycles. The molecule has 0 unspecified atom stereocenters. The van der Waals surface area contributed by atoms with Crippen LogP contribution in [0.4, 0.5) is 0 Å². The monoisotopic (exact) mass is 304 g/mol. The first-order valence-corrected chi connectivity index (χ1v) is 6.89. The zero-order chi connectivity index (χ0) is 15.6. The van der Waals surface area contributed by atoms with Crippen LogP contribution in [0.15, 0.2) is 30.3 Å². The van der Waals surface area contributed by atoms with Crippen molar-refractivity contribution in [2.45, 2.75) is 13.8 Å². The van der Waals surface area contributed by atoms with Gasteiger partial charge in [-0.25, -0.2) is 0 Å². The number of ketones is 1. The summed E-state index contributed by atoms with van der Waals surface area (Å²) >= 11 is 6.00. The average molecular weight is 305 g/mol. The van der Waals surface area contributed by atoms with E-state index in [-0.39, 0.29) is 5.78 Å². The lowest BCUT2D eigenvalue weighted by atomic mass is 9.97. The summed E-state index contributed by atoms with van der Waals surface area (Å²) in [7, 11) is 3.12. The molecule has 3 nitrogen and oxygen atoms in total. The molecular weight excluding hydrogens is 288 g/mol. The summed E-state index contributed by atoms with van der Waals surface area (Å²) in [6.07, 6.45) is 0. The molecule has 0 aromatic heterocycles. The van der Waals surface area contributed by atoms with Crippen LogP contribution in [0.2, 0.25) is 5.02 Å². The first-order chi connectivity index (χ1) is 9.97. The van der Waals surface area contributed by atoms with Gasteiger partial charge in [-0.05, 0) is 55.3 Å². The molecule has 0 aliphatic rings. The molecule has 0 amide bonds. The molecule has 21 heavy (non-hydrogen) atoms. The molecule has 0 bridgehead atoms. The first kappa shape index (κ1) is 15.4. The zero-order valence-corrected chi connectivity index (χ0v) is 13.2. The normalized spacial score (nSPS) is 10.3. The lowest BCUT2D eigenvalue weighted by Crippen LogP contribution is -2.05. The van der Waals surface area contributed by atoms with Crippen LogP contribution in [0.25, 0.3) is 0 Å². The number of hydrogen-bond donors (Lipinski definition) is 0. The zero-order valence-electron chi connectivity index (χ0n) is 12.5. The van der Waals surface area contributed by atoms with Gasteiger partial charge in [0.15, 0.2) is 17.3 Å². The van der Waals surface area contributed by atoms with Gasteiger partial charge in [0.05, 0.1) is 14.2 Å². The van der Waals surface area contributed by atoms with E-state index in [9.17, 15) is 4.79 Å². The van der Waals surface area contributed by atoms with Crippen molar-refractivity contribution >= 4 is 17.4 Å². The molecule has 0 atom stereocenters. The minimum Gasteiger partial charge on any atom is -0.493 e. The topological polar surface area (TPSA) is 35.5 Å². The molecule has 0 aliphatic carbocycles. The molecule has 0 spiro atoms. The van der Waals surface area contributed by atoms with Gasteiger partial charge in [0, 0.05) is 16.1 Å². The molecule has 2 aromatic rings. The Labute approximate surface area is 129 Å². The molecule has 4 heteroatoms. The fourth-order valence-corrected chi connectivity index (χ4v) is 2.28. The molecule has 0 fully saturated rings. The third kappa shape index (κ3) is 3.03. The number of benzene rings is 2. The fraction of sp³-hybridized carbons (Fsp3) is 0.235. The molecule has 0 saturated heterocycles. The summed E-state index contributed by atoms with van der Waals surface area (Å²) in [5.74, 6) is 1.09. The van der Waals surface area contributed by atoms with Crippen molar-refractivity contribution in [3.05, 3.63) is 57.6 Å². The highest BCUT2D eigenvalue weighted by atomic mass is 35.5. The van der Waals surface area contributed by atoms with E-state index in [0.29, 0.717) is 27.6 Å². The van der Waals surface area contributed by atoms with Crippen molar-refractivity contribution in [3.8, 4) is 11.5 Å². The number of hydrogen-bond acceptors (Lipinski definition) is 3. The molecule has 0 heterocycles. The number of carbonyl (C=O) groups is 1. The average Bonchev–Trinajstić information content (AvgIpc) is 2.49. The van der Waals surface area contributed by atoms with E-state index in [0.717, 1.165) is 11.1 Å². The summed E-state index contributed by atoms with van der Waals surface area (Å²) in [6, 6.07) is 8.77. The van der Waals surface area contributed by atoms with Gasteiger partial charge in [-0.2, -0.15) is 0 Å². The third-order valence-electron chi connectivity index (χ3n) is 3.40. The Morgan fingerprint density at radius 1 is 0.952 bits per heavy atom. The maximum absolute atomic E-state index is 12.7. The summed E-state index contributed by atoms with van der Waals surface area (Å²) in [6.45, 7) is 3.75. The Balaban J connectivity index is 2.50. The van der Waals surface area contributed by atoms with Gasteiger partial charge in [0.25, 0.3) is 0 Å². The molecule has 0 aliphatic heterocycles. The number of ether oxygens (including phenoxy) is 2. The number of rotatable bonds is 4. The Morgan fingerprint density at radius 2 is 1.57 bits per heavy atom. The predicted molar refractivity (Wildman–Crippen MR) is 83.9 cm³/mol. The van der Waals surface area contributed by atoms with E-state index in [1.807, 2.05) is 13.8 Å². The SMILES string of the molecule is COc1cc(C)c(C(=O)c2ccc(Cl)c(C)c2)cc1OC. The van der Waals surface area contributed by atoms with Crippen LogP contribution in [0.1, 0.15) is 27.0 Å². The summed E-state index contributed by atoms with van der Waals surface area (Å²) in [4.78, 5) is 12.7. The number of aryl methyl sites for hydroxylation is 2. The second-order valence-corrected chi connectivity index (χ2v) is 5.22. The van der Waals surface area contributed by atoms with Crippen molar-refractivity contribution < 1.29 is 14.3 Å². The largest absolute Gasteiger partial charge is 0.493 e. The molecule has 2 aromatic carbocycles. The van der Waals surface area contributed by atoms with Gasteiger partial charge in [0.1, 0.15) is 0 Å². The minimum atomic E-state index is -0.0618. The molecule has 0 N–H and O–H groups in total. The van der Waals surface area contributed by atoms with E-state index >= 15 is 0 Å². The maximum Gasteiger partial charge on any atom is 0.193 e. The van der Waals surface area contributed by atoms with Crippen LogP contribution >= 0.6 is 11.6 Å². The van der Waals surface area contributed by atoms with Crippen LogP contribution in [-0.4, -0.2) is 20.0 Å². The highest BCUT2D eigenvalue weighted by Crippen LogP contribution is 2.31. The molecule has 2 rings (SSSR count). The van der Waals surface area contributed by atoms with E-state index in [4.69, 9.17) is 21.1 Å². The van der Waals surface area contributed by atoms with Crippen LogP contribution in [0, 0.1) is 13.8 Å². The van der Waals surface area contributed by atoms with Crippen LogP contribution in [-0.2, 0) is 0 Å². The first-order valence-electron chi connectivity index (χ1n) is 6.51. The quantitative estimate of drug-likeness (QED) is 0.794. The lowest BCUT2D eigenvalue weighted by molar-refractivity contribution is 0.103. The standard InChI is InChI=1S/C17H17ClO3/c1-10-8-15(20-3)16(21-4)9-13(10)17(19)12-5-6-14(18)11(2)7-12/h5-9H,1-4H3. The van der Waals surface area contributed by atoms with Crippen LogP contribution in [0.5, 0.6) is 11.5 Å². The van der Waals surface area contributed by atoms with Gasteiger partial charge in [-0.15, -0.1) is 0 Å². The molecule has 110 valence electrons. The lowest BCUT2D eigenvalue weighted by Gasteiger charge is -2.12. The van der Waals surface area contributed by atoms with Crippen molar-refractivity contribution in [2.24, 2.45) is 0 Å². The van der Waals surface area contributed by atoms with Gasteiger partial charge in [-0.1, -0.05) is 11.6 Å². The predicted octanol–water partition coefficient (Wildman–Crippen LogP) is 4.21. The van der Waals surface area contributed by atoms with Crippen LogP contribution in [0.3, 0.4) is 0 Å². The van der Waals surface area contributed by atoms with Crippen molar-refractivity contribution in [3.63, 3.8) is 0 Å². The highest BCUT2D eigenvalue weighted by Gasteiger charge is 2.16. The highest BCUT2D eigenvalue weighted by molar-refractivity contribution is 6.31. The van der Waals surface area contributed by atoms with Gasteiger partial charge < -0.3 is 9.47 Å². The number of halogens is 1. The Bertz CT molecular complexity index is 693. The van der Waals surface area contributed by atoms with Crippen LogP contribution < -0.4 is 9.47 Å². The smallest absolute Gasteiger partial charge is 0.193 e. The summed E-state index contributed by atoms with van der Waals surface area (Å²) in [5.41, 5.74) is 2.91. The second kappa shape index (κ2) is 6.19. The van der Waals surface area contributed by atoms with E-state index < -0.39 is 0 Å².